The van der Waals surface area contributed by atoms with Crippen molar-refractivity contribution in [2.24, 2.45) is 11.8 Å². The van der Waals surface area contributed by atoms with Crippen LogP contribution in [0.25, 0.3) is 0 Å². The first-order valence-electron chi connectivity index (χ1n) is 7.33. The number of benzene rings is 1. The van der Waals surface area contributed by atoms with Crippen LogP contribution in [0.4, 0.5) is 10.1 Å². The molecule has 20 heavy (non-hydrogen) atoms. The first kappa shape index (κ1) is 15.0. The highest BCUT2D eigenvalue weighted by molar-refractivity contribution is 5.90. The van der Waals surface area contributed by atoms with Crippen molar-refractivity contribution in [1.29, 1.82) is 0 Å². The van der Waals surface area contributed by atoms with E-state index >= 15 is 0 Å². The van der Waals surface area contributed by atoms with Crippen LogP contribution in [0, 0.1) is 24.6 Å². The van der Waals surface area contributed by atoms with E-state index in [2.05, 4.69) is 17.6 Å². The number of aryl methyl sites for hydroxylation is 1. The largest absolute Gasteiger partial charge is 0.326 e. The second-order valence-electron chi connectivity index (χ2n) is 5.80. The number of hydrogen-bond acceptors (Lipinski definition) is 2. The zero-order valence-corrected chi connectivity index (χ0v) is 12.2. The monoisotopic (exact) mass is 278 g/mol. The molecule has 1 amide bonds. The molecule has 2 rings (SSSR count). The van der Waals surface area contributed by atoms with Gasteiger partial charge in [0.2, 0.25) is 5.91 Å². The number of halogens is 1. The highest BCUT2D eigenvalue weighted by atomic mass is 19.1. The fourth-order valence-corrected chi connectivity index (χ4v) is 2.71. The summed E-state index contributed by atoms with van der Waals surface area (Å²) in [5, 5.41) is 6.15. The van der Waals surface area contributed by atoms with E-state index < -0.39 is 0 Å². The molecule has 0 aliphatic carbocycles. The molecule has 1 heterocycles. The van der Waals surface area contributed by atoms with Gasteiger partial charge in [0, 0.05) is 12.1 Å². The molecule has 3 nitrogen and oxygen atoms in total. The second-order valence-corrected chi connectivity index (χ2v) is 5.80. The first-order valence-corrected chi connectivity index (χ1v) is 7.33. The predicted molar refractivity (Wildman–Crippen MR) is 79.1 cm³/mol. The Kier molecular flexibility index (Phi) is 5.12. The zero-order chi connectivity index (χ0) is 14.5. The van der Waals surface area contributed by atoms with E-state index in [1.54, 1.807) is 19.1 Å². The number of carbonyl (C=O) groups excluding carboxylic acids is 1. The predicted octanol–water partition coefficient (Wildman–Crippen LogP) is 3.10. The summed E-state index contributed by atoms with van der Waals surface area (Å²) in [6.45, 7) is 5.90. The maximum absolute atomic E-state index is 13.4. The molecule has 2 unspecified atom stereocenters. The summed E-state index contributed by atoms with van der Waals surface area (Å²) >= 11 is 0. The van der Waals surface area contributed by atoms with Gasteiger partial charge in [-0.1, -0.05) is 13.0 Å². The van der Waals surface area contributed by atoms with Crippen molar-refractivity contribution in [1.82, 2.24) is 5.32 Å². The van der Waals surface area contributed by atoms with Crippen molar-refractivity contribution in [2.45, 2.75) is 33.1 Å². The minimum absolute atomic E-state index is 0.0358. The second kappa shape index (κ2) is 6.84. The Balaban J connectivity index is 1.86. The van der Waals surface area contributed by atoms with Gasteiger partial charge in [-0.15, -0.1) is 0 Å². The maximum atomic E-state index is 13.4. The third kappa shape index (κ3) is 4.04. The van der Waals surface area contributed by atoms with Gasteiger partial charge in [-0.25, -0.2) is 4.39 Å². The van der Waals surface area contributed by atoms with Crippen LogP contribution in [-0.2, 0) is 4.79 Å². The lowest BCUT2D eigenvalue weighted by molar-refractivity contribution is -0.117. The van der Waals surface area contributed by atoms with Crippen molar-refractivity contribution in [3.05, 3.63) is 29.6 Å². The number of anilines is 1. The maximum Gasteiger partial charge on any atom is 0.224 e. The van der Waals surface area contributed by atoms with Crippen molar-refractivity contribution in [3.8, 4) is 0 Å². The molecule has 4 heteroatoms. The molecule has 0 aromatic heterocycles. The molecular weight excluding hydrogens is 255 g/mol. The summed E-state index contributed by atoms with van der Waals surface area (Å²) in [5.41, 5.74) is 1.12. The topological polar surface area (TPSA) is 41.1 Å². The number of amides is 1. The lowest BCUT2D eigenvalue weighted by Crippen LogP contribution is -2.34. The van der Waals surface area contributed by atoms with Crippen molar-refractivity contribution < 1.29 is 9.18 Å². The summed E-state index contributed by atoms with van der Waals surface area (Å²) < 4.78 is 13.4. The average molecular weight is 278 g/mol. The minimum Gasteiger partial charge on any atom is -0.326 e. The van der Waals surface area contributed by atoms with Gasteiger partial charge in [-0.3, -0.25) is 4.79 Å². The Labute approximate surface area is 120 Å². The first-order chi connectivity index (χ1) is 9.56. The summed E-state index contributed by atoms with van der Waals surface area (Å²) in [6, 6.07) is 4.79. The molecule has 2 N–H and O–H groups in total. The number of carbonyl (C=O) groups is 1. The highest BCUT2D eigenvalue weighted by Crippen LogP contribution is 2.23. The van der Waals surface area contributed by atoms with Crippen LogP contribution in [0.15, 0.2) is 18.2 Å². The molecule has 1 aliphatic rings. The van der Waals surface area contributed by atoms with Crippen LogP contribution in [0.5, 0.6) is 0 Å². The van der Waals surface area contributed by atoms with Gasteiger partial charge in [0.05, 0.1) is 0 Å². The van der Waals surface area contributed by atoms with Crippen molar-refractivity contribution >= 4 is 11.6 Å². The summed E-state index contributed by atoms with van der Waals surface area (Å²) in [4.78, 5) is 12.0. The molecule has 0 spiro atoms. The van der Waals surface area contributed by atoms with E-state index in [4.69, 9.17) is 0 Å². The fourth-order valence-electron chi connectivity index (χ4n) is 2.71. The Morgan fingerprint density at radius 3 is 3.00 bits per heavy atom. The molecule has 2 atom stereocenters. The molecule has 0 saturated carbocycles. The normalized spacial score (nSPS) is 20.4. The molecule has 1 aromatic carbocycles. The van der Waals surface area contributed by atoms with Gasteiger partial charge in [0.1, 0.15) is 5.82 Å². The Morgan fingerprint density at radius 1 is 1.55 bits per heavy atom. The van der Waals surface area contributed by atoms with Crippen LogP contribution < -0.4 is 10.6 Å². The number of piperidine rings is 1. The Hall–Kier alpha value is -1.42. The third-order valence-electron chi connectivity index (χ3n) is 4.10. The quantitative estimate of drug-likeness (QED) is 0.888. The van der Waals surface area contributed by atoms with E-state index in [9.17, 15) is 9.18 Å². The average Bonchev–Trinajstić information content (AvgIpc) is 2.44. The van der Waals surface area contributed by atoms with Gasteiger partial charge in [-0.2, -0.15) is 0 Å². The Morgan fingerprint density at radius 2 is 2.35 bits per heavy atom. The standard InChI is InChI=1S/C16H23FN2O/c1-11-5-6-14(9-15(11)17)19-16(20)8-12(2)13-4-3-7-18-10-13/h5-6,9,12-13,18H,3-4,7-8,10H2,1-2H3,(H,19,20). The highest BCUT2D eigenvalue weighted by Gasteiger charge is 2.22. The molecule has 1 fully saturated rings. The molecular formula is C16H23FN2O. The molecule has 0 bridgehead atoms. The van der Waals surface area contributed by atoms with E-state index in [-0.39, 0.29) is 11.7 Å². The minimum atomic E-state index is -0.285. The zero-order valence-electron chi connectivity index (χ0n) is 12.2. The lowest BCUT2D eigenvalue weighted by Gasteiger charge is -2.28. The van der Waals surface area contributed by atoms with Crippen LogP contribution >= 0.6 is 0 Å². The number of hydrogen-bond donors (Lipinski definition) is 2. The van der Waals surface area contributed by atoms with Crippen molar-refractivity contribution in [3.63, 3.8) is 0 Å². The smallest absolute Gasteiger partial charge is 0.224 e. The van der Waals surface area contributed by atoms with E-state index in [0.717, 1.165) is 13.1 Å². The van der Waals surface area contributed by atoms with Crippen LogP contribution in [-0.4, -0.2) is 19.0 Å². The summed E-state index contributed by atoms with van der Waals surface area (Å²) in [6.07, 6.45) is 2.85. The van der Waals surface area contributed by atoms with E-state index in [0.29, 0.717) is 29.5 Å². The van der Waals surface area contributed by atoms with E-state index in [1.807, 2.05) is 0 Å². The van der Waals surface area contributed by atoms with Crippen LogP contribution in [0.2, 0.25) is 0 Å². The fraction of sp³-hybridized carbons (Fsp3) is 0.562. The van der Waals surface area contributed by atoms with Crippen molar-refractivity contribution in [2.75, 3.05) is 18.4 Å². The third-order valence-corrected chi connectivity index (χ3v) is 4.10. The SMILES string of the molecule is Cc1ccc(NC(=O)CC(C)C2CCCNC2)cc1F. The van der Waals surface area contributed by atoms with Gasteiger partial charge >= 0.3 is 0 Å². The van der Waals surface area contributed by atoms with Gasteiger partial charge in [-0.05, 0) is 62.4 Å². The summed E-state index contributed by atoms with van der Waals surface area (Å²) in [5.74, 6) is 0.584. The number of rotatable bonds is 4. The molecule has 110 valence electrons. The van der Waals surface area contributed by atoms with E-state index in [1.165, 1.54) is 18.9 Å². The van der Waals surface area contributed by atoms with Crippen LogP contribution in [0.3, 0.4) is 0 Å². The van der Waals surface area contributed by atoms with Crippen LogP contribution in [0.1, 0.15) is 31.7 Å². The van der Waals surface area contributed by atoms with Gasteiger partial charge in [0.15, 0.2) is 0 Å². The van der Waals surface area contributed by atoms with Gasteiger partial charge < -0.3 is 10.6 Å². The molecule has 1 saturated heterocycles. The molecule has 1 aliphatic heterocycles. The van der Waals surface area contributed by atoms with Gasteiger partial charge in [0.25, 0.3) is 0 Å². The lowest BCUT2D eigenvalue weighted by atomic mass is 9.85. The Bertz CT molecular complexity index is 470. The number of nitrogens with one attached hydrogen (secondary N) is 2. The summed E-state index contributed by atoms with van der Waals surface area (Å²) in [7, 11) is 0. The molecule has 0 radical (unpaired) electrons. The molecule has 1 aromatic rings.